The predicted molar refractivity (Wildman–Crippen MR) is 29.8 cm³/mol. The van der Waals surface area contributed by atoms with E-state index in [1.54, 1.807) is 23.0 Å². The molecule has 1 nitrogen and oxygen atoms in total. The molecular weight excluding hydrogens is 432 g/mol. The topological polar surface area (TPSA) is 9.23 Å². The molecule has 0 saturated heterocycles. The van der Waals surface area contributed by atoms with Gasteiger partial charge >= 0.3 is 0 Å². The third-order valence-corrected chi connectivity index (χ3v) is 0. The van der Waals surface area contributed by atoms with Gasteiger partial charge in [-0.3, -0.25) is 0 Å². The fourth-order valence-electron chi connectivity index (χ4n) is 0. The number of halogens is 2. The van der Waals surface area contributed by atoms with Crippen LogP contribution in [0.25, 0.3) is 0 Å². The van der Waals surface area contributed by atoms with E-state index in [1.165, 1.54) is 0 Å². The molecule has 25 valence electrons. The molecule has 3 radical (unpaired) electrons. The molecule has 0 fully saturated rings. The summed E-state index contributed by atoms with van der Waals surface area (Å²) in [4.78, 5) is 0. The predicted octanol–water partition coefficient (Wildman–Crippen LogP) is 1.28. The van der Waals surface area contributed by atoms with Gasteiger partial charge in [0.2, 0.25) is 0 Å². The summed E-state index contributed by atoms with van der Waals surface area (Å²) in [6, 6.07) is 0. The van der Waals surface area contributed by atoms with E-state index in [0.717, 1.165) is 0 Å². The first-order chi connectivity index (χ1) is 1.41. The molecule has 0 aliphatic carbocycles. The van der Waals surface area contributed by atoms with Crippen molar-refractivity contribution in [1.82, 2.24) is 0 Å². The summed E-state index contributed by atoms with van der Waals surface area (Å²) in [6.45, 7) is 0. The molecule has 0 unspecified atom stereocenters. The van der Waals surface area contributed by atoms with Gasteiger partial charge in [-0.2, -0.15) is 0 Å². The second-order valence-electron chi connectivity index (χ2n) is 0.0583. The van der Waals surface area contributed by atoms with Gasteiger partial charge in [0, 0.05) is 26.2 Å². The van der Waals surface area contributed by atoms with Gasteiger partial charge in [0.05, 0.1) is 0 Å². The molecule has 4 heteroatoms. The van der Waals surface area contributed by atoms with Gasteiger partial charge in [0.1, 0.15) is 39.3 Å². The van der Waals surface area contributed by atoms with E-state index in [2.05, 4.69) is 18.4 Å². The Kier molecular flexibility index (Phi) is 20.9. The number of rotatable bonds is 0. The molecule has 0 aromatic carbocycles. The van der Waals surface area contributed by atoms with Crippen LogP contribution in [0.1, 0.15) is 0 Å². The molecule has 0 spiro atoms. The van der Waals surface area contributed by atoms with E-state index >= 15 is 0 Å². The van der Waals surface area contributed by atoms with Gasteiger partial charge in [0.25, 0.3) is 0 Å². The van der Waals surface area contributed by atoms with Crippen LogP contribution in [0, 0.1) is 0 Å². The molecule has 0 atom stereocenters. The van der Waals surface area contributed by atoms with Gasteiger partial charge in [-0.25, -0.2) is 2.16 Å². The molecule has 0 saturated carbocycles. The molecule has 0 bridgehead atoms. The zero-order valence-electron chi connectivity index (χ0n) is 1.61. The van der Waals surface area contributed by atoms with Crippen LogP contribution in [0.15, 0.2) is 0 Å². The van der Waals surface area contributed by atoms with Crippen molar-refractivity contribution in [3.05, 3.63) is 0 Å². The molecule has 0 aliphatic heterocycles. The largest absolute Gasteiger partial charge is 0.239 e. The number of hydrogen-bond donors (Lipinski definition) is 0. The van der Waals surface area contributed by atoms with Crippen molar-refractivity contribution in [1.29, 1.82) is 0 Å². The second-order valence-corrected chi connectivity index (χ2v) is 2.03. The molecule has 0 rings (SSSR count). The third kappa shape index (κ3) is 8.96. The normalized spacial score (nSPS) is 4.50. The fraction of sp³-hybridized carbons (Fsp3) is 0. The SMILES string of the molecule is BrOI.[Bi]. The van der Waals surface area contributed by atoms with Crippen LogP contribution in [-0.2, 0) is 2.16 Å². The Balaban J connectivity index is 0. The van der Waals surface area contributed by atoms with Gasteiger partial charge in [-0.15, -0.1) is 0 Å². The minimum Gasteiger partial charge on any atom is -0.239 e. The maximum Gasteiger partial charge on any atom is 0.126 e. The van der Waals surface area contributed by atoms with E-state index in [9.17, 15) is 0 Å². The number of hydrogen-bond acceptors (Lipinski definition) is 1. The van der Waals surface area contributed by atoms with Crippen molar-refractivity contribution in [2.24, 2.45) is 0 Å². The molecule has 0 aromatic heterocycles. The van der Waals surface area contributed by atoms with Crippen molar-refractivity contribution in [3.63, 3.8) is 0 Å². The molecule has 0 aromatic rings. The van der Waals surface area contributed by atoms with Crippen molar-refractivity contribution < 1.29 is 2.16 Å². The van der Waals surface area contributed by atoms with Gasteiger partial charge in [0.15, 0.2) is 0 Å². The Morgan fingerprint density at radius 3 is 1.75 bits per heavy atom. The summed E-state index contributed by atoms with van der Waals surface area (Å²) in [5.74, 6) is 0. The van der Waals surface area contributed by atoms with E-state index < -0.39 is 0 Å². The van der Waals surface area contributed by atoms with Crippen molar-refractivity contribution in [3.8, 4) is 0 Å². The molecule has 0 aliphatic rings. The smallest absolute Gasteiger partial charge is 0.126 e. The van der Waals surface area contributed by atoms with Crippen LogP contribution in [-0.4, -0.2) is 26.2 Å². The average molecular weight is 432 g/mol. The van der Waals surface area contributed by atoms with Crippen LogP contribution in [0.2, 0.25) is 0 Å². The summed E-state index contributed by atoms with van der Waals surface area (Å²) in [6.07, 6.45) is 0. The minimum absolute atomic E-state index is 0. The van der Waals surface area contributed by atoms with Gasteiger partial charge < -0.3 is 0 Å². The maximum absolute atomic E-state index is 4.03. The zero-order chi connectivity index (χ0) is 2.71. The Bertz CT molecular complexity index is 8.00. The molecule has 0 heterocycles. The average Bonchev–Trinajstić information content (AvgIpc) is 0.918. The van der Waals surface area contributed by atoms with E-state index in [4.69, 9.17) is 0 Å². The van der Waals surface area contributed by atoms with Crippen LogP contribution in [0.3, 0.4) is 0 Å². The standard InChI is InChI=1S/Bi.BrIO/c;1-3-2. The van der Waals surface area contributed by atoms with Crippen LogP contribution < -0.4 is 0 Å². The van der Waals surface area contributed by atoms with Crippen molar-refractivity contribution >= 4 is 65.5 Å². The van der Waals surface area contributed by atoms with Crippen LogP contribution in [0.5, 0.6) is 0 Å². The van der Waals surface area contributed by atoms with E-state index in [0.29, 0.717) is 0 Å². The van der Waals surface area contributed by atoms with Gasteiger partial charge in [-0.1, -0.05) is 0 Å². The summed E-state index contributed by atoms with van der Waals surface area (Å²) < 4.78 is 4.03. The quantitative estimate of drug-likeness (QED) is 0.415. The first-order valence-corrected chi connectivity index (χ1v) is 1.84. The molecular formula is BiBrIO. The Hall–Kier alpha value is 2.05. The first kappa shape index (κ1) is 9.41. The van der Waals surface area contributed by atoms with Crippen LogP contribution in [0.4, 0.5) is 0 Å². The second kappa shape index (κ2) is 8.91. The zero-order valence-corrected chi connectivity index (χ0v) is 8.83. The summed E-state index contributed by atoms with van der Waals surface area (Å²) >= 11 is 4.34. The van der Waals surface area contributed by atoms with Crippen molar-refractivity contribution in [2.45, 2.75) is 0 Å². The monoisotopic (exact) mass is 431 g/mol. The maximum atomic E-state index is 4.03. The molecule has 0 N–H and O–H groups in total. The Morgan fingerprint density at radius 1 is 1.75 bits per heavy atom. The van der Waals surface area contributed by atoms with Crippen LogP contribution >= 0.6 is 39.3 Å². The van der Waals surface area contributed by atoms with Crippen molar-refractivity contribution in [2.75, 3.05) is 0 Å². The molecule has 0 amide bonds. The third-order valence-electron chi connectivity index (χ3n) is 0. The first-order valence-electron chi connectivity index (χ1n) is 0.309. The van der Waals surface area contributed by atoms with Gasteiger partial charge in [-0.05, 0) is 0 Å². The summed E-state index contributed by atoms with van der Waals surface area (Å²) in [5, 5.41) is 0. The van der Waals surface area contributed by atoms with E-state index in [1.807, 2.05) is 0 Å². The molecule has 4 heavy (non-hydrogen) atoms. The summed E-state index contributed by atoms with van der Waals surface area (Å²) in [5.41, 5.74) is 0. The minimum atomic E-state index is 0. The Labute approximate surface area is 66.7 Å². The summed E-state index contributed by atoms with van der Waals surface area (Å²) in [7, 11) is 0. The Morgan fingerprint density at radius 2 is 1.75 bits per heavy atom. The van der Waals surface area contributed by atoms with E-state index in [-0.39, 0.29) is 26.2 Å². The fourth-order valence-corrected chi connectivity index (χ4v) is 0.